The van der Waals surface area contributed by atoms with Gasteiger partial charge in [-0.1, -0.05) is 65.5 Å². The van der Waals surface area contributed by atoms with Gasteiger partial charge in [0.15, 0.2) is 0 Å². The molecular formula is C14H29Sn. The molecule has 0 aliphatic heterocycles. The summed E-state index contributed by atoms with van der Waals surface area (Å²) in [7, 11) is 0. The van der Waals surface area contributed by atoms with Crippen LogP contribution in [0.25, 0.3) is 0 Å². The van der Waals surface area contributed by atoms with E-state index in [2.05, 4.69) is 46.8 Å². The Morgan fingerprint density at radius 1 is 1.07 bits per heavy atom. The minimum absolute atomic E-state index is 0. The van der Waals surface area contributed by atoms with Crippen LogP contribution in [0.5, 0.6) is 0 Å². The van der Waals surface area contributed by atoms with E-state index in [-0.39, 0.29) is 25.3 Å². The van der Waals surface area contributed by atoms with Gasteiger partial charge in [0.05, 0.1) is 0 Å². The van der Waals surface area contributed by atoms with Crippen molar-refractivity contribution in [1.82, 2.24) is 0 Å². The summed E-state index contributed by atoms with van der Waals surface area (Å²) in [5.41, 5.74) is 0. The van der Waals surface area contributed by atoms with Gasteiger partial charge in [-0.25, -0.2) is 0 Å². The predicted octanol–water partition coefficient (Wildman–Crippen LogP) is 4.89. The molecule has 0 aromatic heterocycles. The molecule has 0 bridgehead atoms. The van der Waals surface area contributed by atoms with E-state index in [1.165, 1.54) is 25.7 Å². The molecule has 0 amide bonds. The average Bonchev–Trinajstić information content (AvgIpc) is 2.70. The zero-order valence-electron chi connectivity index (χ0n) is 10.6. The molecule has 1 aliphatic rings. The topological polar surface area (TPSA) is 0 Å². The van der Waals surface area contributed by atoms with Crippen LogP contribution in [0.4, 0.5) is 0 Å². The Labute approximate surface area is 116 Å². The molecule has 0 unspecified atom stereocenters. The van der Waals surface area contributed by atoms with Crippen molar-refractivity contribution < 1.29 is 1.43 Å². The fourth-order valence-corrected chi connectivity index (χ4v) is 0.674. The van der Waals surface area contributed by atoms with Gasteiger partial charge in [-0.05, 0) is 25.7 Å². The molecule has 0 N–H and O–H groups in total. The van der Waals surface area contributed by atoms with Gasteiger partial charge in [0.25, 0.3) is 0 Å². The van der Waals surface area contributed by atoms with Gasteiger partial charge in [0, 0.05) is 25.3 Å². The molecule has 0 aromatic rings. The van der Waals surface area contributed by atoms with E-state index in [0.717, 1.165) is 12.8 Å². The van der Waals surface area contributed by atoms with Crippen LogP contribution in [-0.4, -0.2) is 23.9 Å². The molecule has 89 valence electrons. The Kier molecular flexibility index (Phi) is 27.9. The van der Waals surface area contributed by atoms with E-state index in [1.807, 2.05) is 0 Å². The summed E-state index contributed by atoms with van der Waals surface area (Å²) in [5, 5.41) is 0. The van der Waals surface area contributed by atoms with E-state index >= 15 is 0 Å². The van der Waals surface area contributed by atoms with Crippen molar-refractivity contribution >= 4 is 23.9 Å². The summed E-state index contributed by atoms with van der Waals surface area (Å²) in [5.74, 6) is 0.685. The molecule has 1 heteroatoms. The number of hydrogen-bond donors (Lipinski definition) is 0. The molecular weight excluding hydrogens is 287 g/mol. The molecule has 0 nitrogen and oxygen atoms in total. The van der Waals surface area contributed by atoms with Crippen molar-refractivity contribution in [3.05, 3.63) is 32.9 Å². The zero-order chi connectivity index (χ0) is 11.2. The van der Waals surface area contributed by atoms with Gasteiger partial charge in [0.1, 0.15) is 0 Å². The summed E-state index contributed by atoms with van der Waals surface area (Å²) >= 11 is 0. The molecule has 15 heavy (non-hydrogen) atoms. The van der Waals surface area contributed by atoms with Gasteiger partial charge in [-0.3, -0.25) is 0 Å². The van der Waals surface area contributed by atoms with Crippen molar-refractivity contribution in [3.63, 3.8) is 0 Å². The van der Waals surface area contributed by atoms with Crippen LogP contribution in [0, 0.1) is 26.7 Å². The van der Waals surface area contributed by atoms with Crippen LogP contribution in [0.15, 0.2) is 12.2 Å². The van der Waals surface area contributed by atoms with E-state index in [0.29, 0.717) is 5.92 Å². The Morgan fingerprint density at radius 3 is 1.40 bits per heavy atom. The van der Waals surface area contributed by atoms with Crippen LogP contribution < -0.4 is 0 Å². The first kappa shape index (κ1) is 20.9. The van der Waals surface area contributed by atoms with Crippen molar-refractivity contribution in [1.29, 1.82) is 0 Å². The molecule has 0 spiro atoms. The first-order valence-electron chi connectivity index (χ1n) is 5.79. The van der Waals surface area contributed by atoms with Gasteiger partial charge < -0.3 is 0 Å². The number of hydrogen-bond acceptors (Lipinski definition) is 0. The predicted molar refractivity (Wildman–Crippen MR) is 75.6 cm³/mol. The molecule has 7 radical (unpaired) electrons. The molecule has 1 aliphatic carbocycles. The smallest absolute Gasteiger partial charge is 0 e. The zero-order valence-corrected chi connectivity index (χ0v) is 13.5. The second-order valence-electron chi connectivity index (χ2n) is 3.52. The Balaban J connectivity index is -0.0000000660. The summed E-state index contributed by atoms with van der Waals surface area (Å²) in [6.07, 6.45) is 11.3. The normalized spacial score (nSPS) is 13.1. The number of unbranched alkanes of at least 4 members (excludes halogenated alkanes) is 2. The molecule has 0 aromatic carbocycles. The van der Waals surface area contributed by atoms with Gasteiger partial charge in [-0.2, -0.15) is 0 Å². The molecule has 1 rings (SSSR count). The maximum Gasteiger partial charge on any atom is 0 e. The van der Waals surface area contributed by atoms with Gasteiger partial charge >= 0.3 is 0 Å². The first-order valence-corrected chi connectivity index (χ1v) is 5.79. The van der Waals surface area contributed by atoms with E-state index in [9.17, 15) is 0 Å². The van der Waals surface area contributed by atoms with Crippen molar-refractivity contribution in [2.75, 3.05) is 0 Å². The average molecular weight is 316 g/mol. The second-order valence-corrected chi connectivity index (χ2v) is 3.52. The van der Waals surface area contributed by atoms with Crippen LogP contribution >= 0.6 is 0 Å². The third-order valence-corrected chi connectivity index (χ3v) is 1.81. The molecule has 0 saturated carbocycles. The van der Waals surface area contributed by atoms with Crippen LogP contribution in [0.3, 0.4) is 0 Å². The van der Waals surface area contributed by atoms with E-state index in [1.54, 1.807) is 0 Å². The third kappa shape index (κ3) is 25.1. The number of allylic oxidation sites excluding steroid dienone is 2. The standard InChI is InChI=1S/C6H9.2C4H9.Sn.H2/c1-6-4-2-3-5-6;2*1-3-4-2;;/h2-3,6H,1,4-5H2;2*1,3-4H2,2H3;;1H. The van der Waals surface area contributed by atoms with Gasteiger partial charge in [0.2, 0.25) is 0 Å². The monoisotopic (exact) mass is 317 g/mol. The van der Waals surface area contributed by atoms with E-state index in [4.69, 9.17) is 0 Å². The third-order valence-electron chi connectivity index (χ3n) is 1.81. The number of rotatable bonds is 2. The van der Waals surface area contributed by atoms with Crippen LogP contribution in [-0.2, 0) is 0 Å². The van der Waals surface area contributed by atoms with Crippen LogP contribution in [0.2, 0.25) is 0 Å². The second kappa shape index (κ2) is 20.0. The summed E-state index contributed by atoms with van der Waals surface area (Å²) in [4.78, 5) is 0. The van der Waals surface area contributed by atoms with Crippen LogP contribution in [0.1, 0.15) is 53.8 Å². The molecule has 0 heterocycles. The fourth-order valence-electron chi connectivity index (χ4n) is 0.674. The van der Waals surface area contributed by atoms with Gasteiger partial charge in [-0.15, -0.1) is 0 Å². The Morgan fingerprint density at radius 2 is 1.33 bits per heavy atom. The molecule has 0 saturated heterocycles. The summed E-state index contributed by atoms with van der Waals surface area (Å²) < 4.78 is 0. The van der Waals surface area contributed by atoms with Crippen molar-refractivity contribution in [2.24, 2.45) is 5.92 Å². The quantitative estimate of drug-likeness (QED) is 0.502. The maximum atomic E-state index is 3.88. The first-order chi connectivity index (χ1) is 6.72. The summed E-state index contributed by atoms with van der Waals surface area (Å²) in [6.45, 7) is 15.3. The van der Waals surface area contributed by atoms with Crippen molar-refractivity contribution in [2.45, 2.75) is 52.4 Å². The SMILES string of the molecule is [CH2]C1CC=CC1.[CH2]CCC.[CH2]CCC.[HH].[Sn]. The fraction of sp³-hybridized carbons (Fsp3) is 0.643. The van der Waals surface area contributed by atoms with Crippen molar-refractivity contribution in [3.8, 4) is 0 Å². The minimum Gasteiger partial charge on any atom is -0.0882 e. The molecule has 0 atom stereocenters. The Bertz CT molecular complexity index is 97.3. The minimum atomic E-state index is 0. The Hall–Kier alpha value is 0.539. The van der Waals surface area contributed by atoms with E-state index < -0.39 is 0 Å². The molecule has 0 fully saturated rings. The largest absolute Gasteiger partial charge is 0.0882 e. The summed E-state index contributed by atoms with van der Waals surface area (Å²) in [6, 6.07) is 0. The maximum absolute atomic E-state index is 3.88.